The fourth-order valence-electron chi connectivity index (χ4n) is 3.09. The van der Waals surface area contributed by atoms with Crippen LogP contribution in [0.3, 0.4) is 0 Å². The van der Waals surface area contributed by atoms with E-state index in [0.29, 0.717) is 11.5 Å². The predicted molar refractivity (Wildman–Crippen MR) is 71.4 cm³/mol. The zero-order chi connectivity index (χ0) is 12.7. The highest BCUT2D eigenvalue weighted by atomic mass is 32.2. The van der Waals surface area contributed by atoms with Gasteiger partial charge in [-0.1, -0.05) is 0 Å². The van der Waals surface area contributed by atoms with Crippen LogP contribution in [0, 0.1) is 5.41 Å². The van der Waals surface area contributed by atoms with E-state index in [-0.39, 0.29) is 11.7 Å². The lowest BCUT2D eigenvalue weighted by Crippen LogP contribution is -2.43. The van der Waals surface area contributed by atoms with Crippen LogP contribution >= 0.6 is 11.8 Å². The van der Waals surface area contributed by atoms with Gasteiger partial charge in [-0.05, 0) is 51.7 Å². The van der Waals surface area contributed by atoms with Gasteiger partial charge in [-0.3, -0.25) is 0 Å². The number of fused-ring (bicyclic) bond motifs is 2. The Morgan fingerprint density at radius 2 is 2.24 bits per heavy atom. The first-order valence-electron chi connectivity index (χ1n) is 6.34. The van der Waals surface area contributed by atoms with Crippen LogP contribution in [0.2, 0.25) is 0 Å². The van der Waals surface area contributed by atoms with Crippen molar-refractivity contribution in [1.82, 2.24) is 4.90 Å². The summed E-state index contributed by atoms with van der Waals surface area (Å²) >= 11 is 1.90. The van der Waals surface area contributed by atoms with E-state index >= 15 is 0 Å². The number of likely N-dealkylation sites (tertiary alicyclic amines) is 1. The normalized spacial score (nSPS) is 32.0. The summed E-state index contributed by atoms with van der Waals surface area (Å²) in [5.74, 6) is 1.17. The number of rotatable bonds is 2. The number of amides is 1. The minimum atomic E-state index is -0.383. The molecule has 2 unspecified atom stereocenters. The maximum absolute atomic E-state index is 12.1. The number of carbonyl (C=O) groups is 1. The highest BCUT2D eigenvalue weighted by Gasteiger charge is 2.51. The lowest BCUT2D eigenvalue weighted by Gasteiger charge is -2.33. The fourth-order valence-corrected chi connectivity index (χ4v) is 4.06. The van der Waals surface area contributed by atoms with Crippen molar-refractivity contribution >= 4 is 17.9 Å². The van der Waals surface area contributed by atoms with Crippen LogP contribution in [0.5, 0.6) is 0 Å². The number of nitrogens with zero attached hydrogens (tertiary/aromatic N) is 1. The average Bonchev–Trinajstić information content (AvgIpc) is 2.72. The molecule has 2 bridgehead atoms. The van der Waals surface area contributed by atoms with E-state index in [2.05, 4.69) is 6.26 Å². The second-order valence-corrected chi connectivity index (χ2v) is 7.30. The lowest BCUT2D eigenvalue weighted by atomic mass is 9.90. The third-order valence-electron chi connectivity index (χ3n) is 3.70. The summed E-state index contributed by atoms with van der Waals surface area (Å²) in [4.78, 5) is 14.1. The monoisotopic (exact) mass is 257 g/mol. The Labute approximate surface area is 108 Å². The molecule has 0 aromatic carbocycles. The van der Waals surface area contributed by atoms with Gasteiger partial charge in [0.25, 0.3) is 0 Å². The molecule has 1 heterocycles. The Kier molecular flexibility index (Phi) is 3.36. The summed E-state index contributed by atoms with van der Waals surface area (Å²) < 4.78 is 5.48. The van der Waals surface area contributed by atoms with Gasteiger partial charge in [0, 0.05) is 18.3 Å². The zero-order valence-corrected chi connectivity index (χ0v) is 12.1. The van der Waals surface area contributed by atoms with Gasteiger partial charge in [-0.2, -0.15) is 11.8 Å². The Balaban J connectivity index is 1.99. The number of piperidine rings is 1. The molecule has 1 aliphatic heterocycles. The van der Waals surface area contributed by atoms with Crippen LogP contribution in [0.15, 0.2) is 0 Å². The Morgan fingerprint density at radius 3 is 2.82 bits per heavy atom. The maximum Gasteiger partial charge on any atom is 0.410 e. The van der Waals surface area contributed by atoms with Gasteiger partial charge in [0.1, 0.15) is 5.60 Å². The van der Waals surface area contributed by atoms with Crippen LogP contribution in [-0.4, -0.2) is 41.2 Å². The van der Waals surface area contributed by atoms with Gasteiger partial charge in [-0.25, -0.2) is 4.79 Å². The topological polar surface area (TPSA) is 29.5 Å². The minimum absolute atomic E-state index is 0.120. The van der Waals surface area contributed by atoms with E-state index in [0.717, 1.165) is 13.0 Å². The minimum Gasteiger partial charge on any atom is -0.444 e. The summed E-state index contributed by atoms with van der Waals surface area (Å²) in [5, 5.41) is 0. The standard InChI is InChI=1S/C13H23NO2S/c1-12(2,3)16-11(15)14-8-13(9-17-4)6-5-10(14)7-13/h10H,5-9H2,1-4H3. The Hall–Kier alpha value is -0.380. The molecule has 2 aliphatic rings. The molecule has 0 N–H and O–H groups in total. The predicted octanol–water partition coefficient (Wildman–Crippen LogP) is 3.14. The van der Waals surface area contributed by atoms with Gasteiger partial charge in [-0.15, -0.1) is 0 Å². The molecule has 1 aliphatic carbocycles. The molecule has 17 heavy (non-hydrogen) atoms. The number of ether oxygens (including phenoxy) is 1. The molecule has 2 rings (SSSR count). The van der Waals surface area contributed by atoms with Crippen LogP contribution in [-0.2, 0) is 4.74 Å². The molecule has 1 saturated heterocycles. The summed E-state index contributed by atoms with van der Waals surface area (Å²) in [5.41, 5.74) is -0.00737. The number of hydrogen-bond acceptors (Lipinski definition) is 3. The Bertz CT molecular complexity index is 313. The molecule has 2 fully saturated rings. The second kappa shape index (κ2) is 4.38. The highest BCUT2D eigenvalue weighted by Crippen LogP contribution is 2.49. The van der Waals surface area contributed by atoms with E-state index in [1.165, 1.54) is 18.6 Å². The molecule has 0 radical (unpaired) electrons. The van der Waals surface area contributed by atoms with E-state index < -0.39 is 0 Å². The molecular weight excluding hydrogens is 234 g/mol. The van der Waals surface area contributed by atoms with E-state index in [9.17, 15) is 4.79 Å². The van der Waals surface area contributed by atoms with Crippen LogP contribution in [0.25, 0.3) is 0 Å². The second-order valence-electron chi connectivity index (χ2n) is 6.44. The van der Waals surface area contributed by atoms with Crippen molar-refractivity contribution in [3.05, 3.63) is 0 Å². The highest BCUT2D eigenvalue weighted by molar-refractivity contribution is 7.98. The van der Waals surface area contributed by atoms with Gasteiger partial charge in [0.15, 0.2) is 0 Å². The van der Waals surface area contributed by atoms with Crippen molar-refractivity contribution in [2.45, 2.75) is 51.7 Å². The largest absolute Gasteiger partial charge is 0.444 e. The number of carbonyl (C=O) groups excluding carboxylic acids is 1. The number of thioether (sulfide) groups is 1. The molecule has 98 valence electrons. The summed E-state index contributed by atoms with van der Waals surface area (Å²) in [6.07, 6.45) is 5.63. The lowest BCUT2D eigenvalue weighted by molar-refractivity contribution is 0.0167. The molecule has 0 aromatic heterocycles. The zero-order valence-electron chi connectivity index (χ0n) is 11.3. The van der Waals surface area contributed by atoms with Crippen LogP contribution < -0.4 is 0 Å². The van der Waals surface area contributed by atoms with Gasteiger partial charge in [0.05, 0.1) is 0 Å². The van der Waals surface area contributed by atoms with Crippen molar-refractivity contribution in [2.75, 3.05) is 18.6 Å². The first-order valence-corrected chi connectivity index (χ1v) is 7.73. The molecule has 2 atom stereocenters. The van der Waals surface area contributed by atoms with Crippen molar-refractivity contribution < 1.29 is 9.53 Å². The molecule has 3 nitrogen and oxygen atoms in total. The average molecular weight is 257 g/mol. The molecular formula is C13H23NO2S. The SMILES string of the molecule is CSCC12CCC(C1)N(C(=O)OC(C)(C)C)C2. The summed E-state index contributed by atoms with van der Waals surface area (Å²) in [7, 11) is 0. The first kappa shape index (κ1) is 13.1. The summed E-state index contributed by atoms with van der Waals surface area (Å²) in [6, 6.07) is 0.428. The third kappa shape index (κ3) is 2.72. The van der Waals surface area contributed by atoms with Gasteiger partial charge < -0.3 is 9.64 Å². The van der Waals surface area contributed by atoms with Crippen molar-refractivity contribution in [3.63, 3.8) is 0 Å². The van der Waals surface area contributed by atoms with E-state index in [4.69, 9.17) is 4.74 Å². The van der Waals surface area contributed by atoms with Crippen molar-refractivity contribution in [2.24, 2.45) is 5.41 Å². The molecule has 0 spiro atoms. The molecule has 4 heteroatoms. The van der Waals surface area contributed by atoms with E-state index in [1.807, 2.05) is 37.4 Å². The van der Waals surface area contributed by atoms with Gasteiger partial charge in [0.2, 0.25) is 0 Å². The molecule has 1 saturated carbocycles. The quantitative estimate of drug-likeness (QED) is 0.761. The maximum atomic E-state index is 12.1. The van der Waals surface area contributed by atoms with Crippen LogP contribution in [0.4, 0.5) is 4.79 Å². The molecule has 0 aromatic rings. The van der Waals surface area contributed by atoms with E-state index in [1.54, 1.807) is 0 Å². The molecule has 1 amide bonds. The first-order chi connectivity index (χ1) is 7.85. The number of hydrogen-bond donors (Lipinski definition) is 0. The third-order valence-corrected chi connectivity index (χ3v) is 4.60. The van der Waals surface area contributed by atoms with Gasteiger partial charge >= 0.3 is 6.09 Å². The Morgan fingerprint density at radius 1 is 1.53 bits per heavy atom. The summed E-state index contributed by atoms with van der Waals surface area (Å²) in [6.45, 7) is 6.68. The van der Waals surface area contributed by atoms with Crippen molar-refractivity contribution in [3.8, 4) is 0 Å². The van der Waals surface area contributed by atoms with Crippen molar-refractivity contribution in [1.29, 1.82) is 0 Å². The van der Waals surface area contributed by atoms with Crippen LogP contribution in [0.1, 0.15) is 40.0 Å². The smallest absolute Gasteiger partial charge is 0.410 e. The fraction of sp³-hybridized carbons (Fsp3) is 0.923.